The van der Waals surface area contributed by atoms with Crippen molar-refractivity contribution in [1.29, 1.82) is 0 Å². The minimum Gasteiger partial charge on any atom is -0.493 e. The van der Waals surface area contributed by atoms with Gasteiger partial charge >= 0.3 is 6.03 Å². The summed E-state index contributed by atoms with van der Waals surface area (Å²) in [5, 5.41) is 8.67. The second-order valence-corrected chi connectivity index (χ2v) is 8.67. The van der Waals surface area contributed by atoms with Crippen LogP contribution < -0.4 is 25.4 Å². The Kier molecular flexibility index (Phi) is 9.75. The molecule has 9 heteroatoms. The Balaban J connectivity index is 1.65. The van der Waals surface area contributed by atoms with Gasteiger partial charge in [-0.3, -0.25) is 9.69 Å². The summed E-state index contributed by atoms with van der Waals surface area (Å²) in [4.78, 5) is 27.0. The fraction of sp³-hybridized carbons (Fsp3) is 0.462. The second kappa shape index (κ2) is 13.0. The Morgan fingerprint density at radius 3 is 2.29 bits per heavy atom. The number of carbonyl (C=O) groups is 2. The summed E-state index contributed by atoms with van der Waals surface area (Å²) in [6.07, 6.45) is 0. The van der Waals surface area contributed by atoms with Gasteiger partial charge in [-0.05, 0) is 49.2 Å². The van der Waals surface area contributed by atoms with Gasteiger partial charge in [-0.25, -0.2) is 4.79 Å². The van der Waals surface area contributed by atoms with Crippen LogP contribution in [-0.2, 0) is 11.3 Å². The van der Waals surface area contributed by atoms with Crippen molar-refractivity contribution in [3.05, 3.63) is 59.2 Å². The maximum absolute atomic E-state index is 12.9. The number of methoxy groups -OCH3 is 2. The van der Waals surface area contributed by atoms with Gasteiger partial charge in [0.25, 0.3) is 5.91 Å². The summed E-state index contributed by atoms with van der Waals surface area (Å²) in [6, 6.07) is 12.9. The van der Waals surface area contributed by atoms with Gasteiger partial charge in [0.2, 0.25) is 0 Å². The molecule has 0 radical (unpaired) electrons. The highest BCUT2D eigenvalue weighted by atomic mass is 16.5. The van der Waals surface area contributed by atoms with Gasteiger partial charge in [0.15, 0.2) is 11.5 Å². The van der Waals surface area contributed by atoms with Gasteiger partial charge in [0.05, 0.1) is 33.5 Å². The third-order valence-electron chi connectivity index (χ3n) is 5.82. The molecular formula is C26H36N4O5. The molecule has 0 saturated carbocycles. The second-order valence-electron chi connectivity index (χ2n) is 8.67. The van der Waals surface area contributed by atoms with Crippen LogP contribution in [0.1, 0.15) is 41.4 Å². The zero-order valence-corrected chi connectivity index (χ0v) is 20.9. The first-order chi connectivity index (χ1) is 16.9. The number of morpholine rings is 1. The molecule has 1 saturated heterocycles. The number of urea groups is 1. The minimum absolute atomic E-state index is 0.0365. The molecular weight excluding hydrogens is 448 g/mol. The first-order valence-electron chi connectivity index (χ1n) is 11.9. The molecule has 3 rings (SSSR count). The lowest BCUT2D eigenvalue weighted by atomic mass is 10.0. The smallest absolute Gasteiger partial charge is 0.315 e. The number of nitrogens with one attached hydrogen (secondary N) is 3. The quantitative estimate of drug-likeness (QED) is 0.479. The highest BCUT2D eigenvalue weighted by molar-refractivity contribution is 5.94. The summed E-state index contributed by atoms with van der Waals surface area (Å²) in [5.41, 5.74) is 2.51. The van der Waals surface area contributed by atoms with E-state index in [1.165, 1.54) is 0 Å². The van der Waals surface area contributed by atoms with Crippen molar-refractivity contribution < 1.29 is 23.8 Å². The molecule has 2 aromatic carbocycles. The number of ether oxygens (including phenoxy) is 3. The molecule has 0 aliphatic carbocycles. The van der Waals surface area contributed by atoms with Crippen molar-refractivity contribution in [2.45, 2.75) is 32.5 Å². The molecule has 0 bridgehead atoms. The topological polar surface area (TPSA) is 101 Å². The summed E-state index contributed by atoms with van der Waals surface area (Å²) < 4.78 is 16.4. The van der Waals surface area contributed by atoms with Gasteiger partial charge in [0.1, 0.15) is 0 Å². The van der Waals surface area contributed by atoms with E-state index in [1.54, 1.807) is 26.4 Å². The molecule has 2 aromatic rings. The van der Waals surface area contributed by atoms with Crippen molar-refractivity contribution in [2.75, 3.05) is 47.1 Å². The van der Waals surface area contributed by atoms with E-state index in [4.69, 9.17) is 14.2 Å². The summed E-state index contributed by atoms with van der Waals surface area (Å²) >= 11 is 0. The molecule has 0 spiro atoms. The first-order valence-corrected chi connectivity index (χ1v) is 11.9. The average molecular weight is 485 g/mol. The SMILES string of the molecule is COc1ccc(C(CNC(=O)c2ccc(CNC(=O)NC(C)C)cc2)N2CCOCC2)cc1OC. The third-order valence-corrected chi connectivity index (χ3v) is 5.82. The third kappa shape index (κ3) is 7.60. The number of rotatable bonds is 10. The number of carbonyl (C=O) groups excluding carboxylic acids is 2. The molecule has 3 N–H and O–H groups in total. The summed E-state index contributed by atoms with van der Waals surface area (Å²) in [7, 11) is 3.22. The highest BCUT2D eigenvalue weighted by Crippen LogP contribution is 2.32. The summed E-state index contributed by atoms with van der Waals surface area (Å²) in [5.74, 6) is 1.17. The van der Waals surface area contributed by atoms with E-state index in [2.05, 4.69) is 20.9 Å². The van der Waals surface area contributed by atoms with Gasteiger partial charge < -0.3 is 30.2 Å². The van der Waals surface area contributed by atoms with Gasteiger partial charge in [-0.15, -0.1) is 0 Å². The minimum atomic E-state index is -0.217. The Hall–Kier alpha value is -3.30. The number of benzene rings is 2. The molecule has 1 fully saturated rings. The molecule has 1 aliphatic rings. The van der Waals surface area contributed by atoms with E-state index >= 15 is 0 Å². The zero-order chi connectivity index (χ0) is 25.2. The Labute approximate surface area is 207 Å². The van der Waals surface area contributed by atoms with E-state index in [0.29, 0.717) is 43.4 Å². The van der Waals surface area contributed by atoms with Crippen LogP contribution in [0, 0.1) is 0 Å². The zero-order valence-electron chi connectivity index (χ0n) is 20.9. The number of hydrogen-bond donors (Lipinski definition) is 3. The van der Waals surface area contributed by atoms with Crippen LogP contribution in [0.25, 0.3) is 0 Å². The van der Waals surface area contributed by atoms with Gasteiger partial charge in [-0.2, -0.15) is 0 Å². The van der Waals surface area contributed by atoms with Crippen LogP contribution in [0.2, 0.25) is 0 Å². The lowest BCUT2D eigenvalue weighted by Crippen LogP contribution is -2.43. The largest absolute Gasteiger partial charge is 0.493 e. The standard InChI is InChI=1S/C26H36N4O5/c1-18(2)29-26(32)28-16-19-5-7-20(8-6-19)25(31)27-17-22(30-11-13-35-14-12-30)21-9-10-23(33-3)24(15-21)34-4/h5-10,15,18,22H,11-14,16-17H2,1-4H3,(H,27,31)(H2,28,29,32). The fourth-order valence-electron chi connectivity index (χ4n) is 3.97. The summed E-state index contributed by atoms with van der Waals surface area (Å²) in [6.45, 7) is 7.50. The van der Waals surface area contributed by atoms with E-state index in [0.717, 1.165) is 24.2 Å². The predicted molar refractivity (Wildman–Crippen MR) is 134 cm³/mol. The van der Waals surface area contributed by atoms with Crippen molar-refractivity contribution in [3.8, 4) is 11.5 Å². The molecule has 190 valence electrons. The van der Waals surface area contributed by atoms with E-state index in [-0.39, 0.29) is 24.0 Å². The molecule has 9 nitrogen and oxygen atoms in total. The van der Waals surface area contributed by atoms with Gasteiger partial charge in [-0.1, -0.05) is 18.2 Å². The first kappa shape index (κ1) is 26.3. The molecule has 1 unspecified atom stereocenters. The molecule has 0 aromatic heterocycles. The van der Waals surface area contributed by atoms with Crippen molar-refractivity contribution in [2.24, 2.45) is 0 Å². The number of nitrogens with zero attached hydrogens (tertiary/aromatic N) is 1. The monoisotopic (exact) mass is 484 g/mol. The lowest BCUT2D eigenvalue weighted by molar-refractivity contribution is 0.0162. The van der Waals surface area contributed by atoms with E-state index in [9.17, 15) is 9.59 Å². The number of amides is 3. The lowest BCUT2D eigenvalue weighted by Gasteiger charge is -2.35. The van der Waals surface area contributed by atoms with Gasteiger partial charge in [0, 0.05) is 37.8 Å². The maximum Gasteiger partial charge on any atom is 0.315 e. The maximum atomic E-state index is 12.9. The van der Waals surface area contributed by atoms with Crippen molar-refractivity contribution in [1.82, 2.24) is 20.9 Å². The number of hydrogen-bond acceptors (Lipinski definition) is 6. The molecule has 1 atom stereocenters. The van der Waals surface area contributed by atoms with Crippen LogP contribution in [0.4, 0.5) is 4.79 Å². The van der Waals surface area contributed by atoms with Crippen LogP contribution in [-0.4, -0.2) is 69.9 Å². The molecule has 1 aliphatic heterocycles. The molecule has 1 heterocycles. The van der Waals surface area contributed by atoms with Crippen molar-refractivity contribution in [3.63, 3.8) is 0 Å². The Bertz CT molecular complexity index is 974. The molecule has 35 heavy (non-hydrogen) atoms. The normalized spacial score (nSPS) is 14.8. The van der Waals surface area contributed by atoms with E-state index < -0.39 is 0 Å². The highest BCUT2D eigenvalue weighted by Gasteiger charge is 2.24. The van der Waals surface area contributed by atoms with Crippen LogP contribution in [0.3, 0.4) is 0 Å². The van der Waals surface area contributed by atoms with Crippen LogP contribution in [0.5, 0.6) is 11.5 Å². The Morgan fingerprint density at radius 2 is 1.66 bits per heavy atom. The average Bonchev–Trinajstić information content (AvgIpc) is 2.87. The molecule has 3 amide bonds. The van der Waals surface area contributed by atoms with Crippen LogP contribution >= 0.6 is 0 Å². The van der Waals surface area contributed by atoms with E-state index in [1.807, 2.05) is 44.2 Å². The fourth-order valence-corrected chi connectivity index (χ4v) is 3.97. The van der Waals surface area contributed by atoms with Crippen LogP contribution in [0.15, 0.2) is 42.5 Å². The Morgan fingerprint density at radius 1 is 0.971 bits per heavy atom. The predicted octanol–water partition coefficient (Wildman–Crippen LogP) is 2.71. The van der Waals surface area contributed by atoms with Crippen molar-refractivity contribution >= 4 is 11.9 Å².